The number of aromatic nitrogens is 3. The van der Waals surface area contributed by atoms with Gasteiger partial charge in [-0.25, -0.2) is 0 Å². The van der Waals surface area contributed by atoms with E-state index in [1.54, 1.807) is 37.3 Å². The molecule has 1 N–H and O–H groups in total. The molecule has 1 aromatic heterocycles. The Morgan fingerprint density at radius 2 is 1.94 bits per heavy atom. The van der Waals surface area contributed by atoms with E-state index in [0.717, 1.165) is 0 Å². The molecular formula is C22H20Cl2N4O2S. The van der Waals surface area contributed by atoms with Gasteiger partial charge in [-0.3, -0.25) is 9.59 Å². The molecule has 1 unspecified atom stereocenters. The number of halogens is 2. The molecule has 0 saturated carbocycles. The lowest BCUT2D eigenvalue weighted by Crippen LogP contribution is -2.29. The predicted octanol–water partition coefficient (Wildman–Crippen LogP) is 5.24. The maximum Gasteiger partial charge on any atom is 0.253 e. The van der Waals surface area contributed by atoms with Gasteiger partial charge in [-0.15, -0.1) is 16.8 Å². The van der Waals surface area contributed by atoms with Gasteiger partial charge < -0.3 is 9.88 Å². The number of carbonyl (C=O) groups excluding carboxylic acids is 2. The number of amides is 1. The van der Waals surface area contributed by atoms with Crippen LogP contribution in [0.4, 0.5) is 0 Å². The van der Waals surface area contributed by atoms with Crippen molar-refractivity contribution in [2.75, 3.05) is 5.75 Å². The van der Waals surface area contributed by atoms with Crippen LogP contribution < -0.4 is 5.32 Å². The summed E-state index contributed by atoms with van der Waals surface area (Å²) >= 11 is 13.3. The van der Waals surface area contributed by atoms with Crippen LogP contribution in [0.2, 0.25) is 10.0 Å². The molecule has 160 valence electrons. The van der Waals surface area contributed by atoms with E-state index in [1.807, 2.05) is 22.8 Å². The van der Waals surface area contributed by atoms with Gasteiger partial charge in [0.2, 0.25) is 0 Å². The fourth-order valence-corrected chi connectivity index (χ4v) is 4.22. The minimum absolute atomic E-state index is 0.000894. The molecule has 0 aliphatic rings. The monoisotopic (exact) mass is 474 g/mol. The molecule has 1 heterocycles. The van der Waals surface area contributed by atoms with Gasteiger partial charge in [0.25, 0.3) is 5.91 Å². The maximum absolute atomic E-state index is 12.6. The van der Waals surface area contributed by atoms with Crippen LogP contribution in [0.5, 0.6) is 0 Å². The summed E-state index contributed by atoms with van der Waals surface area (Å²) in [6.07, 6.45) is 1.71. The van der Waals surface area contributed by atoms with Crippen LogP contribution in [-0.2, 0) is 6.54 Å². The van der Waals surface area contributed by atoms with Crippen LogP contribution in [-0.4, -0.2) is 32.2 Å². The number of hydrogen-bond acceptors (Lipinski definition) is 5. The highest BCUT2D eigenvalue weighted by atomic mass is 35.5. The Morgan fingerprint density at radius 3 is 2.61 bits per heavy atom. The van der Waals surface area contributed by atoms with Gasteiger partial charge >= 0.3 is 0 Å². The van der Waals surface area contributed by atoms with E-state index in [1.165, 1.54) is 17.8 Å². The van der Waals surface area contributed by atoms with Gasteiger partial charge in [-0.2, -0.15) is 0 Å². The van der Waals surface area contributed by atoms with Gasteiger partial charge in [-0.1, -0.05) is 71.4 Å². The first kappa shape index (κ1) is 23.1. The summed E-state index contributed by atoms with van der Waals surface area (Å²) in [6, 6.07) is 13.3. The highest BCUT2D eigenvalue weighted by Crippen LogP contribution is 2.24. The number of benzene rings is 2. The number of hydrogen-bond donors (Lipinski definition) is 1. The molecule has 6 nitrogen and oxygen atoms in total. The first-order valence-corrected chi connectivity index (χ1v) is 11.2. The molecular weight excluding hydrogens is 455 g/mol. The van der Waals surface area contributed by atoms with Crippen LogP contribution in [0, 0.1) is 0 Å². The van der Waals surface area contributed by atoms with Crippen LogP contribution in [0.25, 0.3) is 0 Å². The van der Waals surface area contributed by atoms with Crippen LogP contribution in [0.3, 0.4) is 0 Å². The van der Waals surface area contributed by atoms with Gasteiger partial charge in [0.1, 0.15) is 0 Å². The molecule has 1 atom stereocenters. The van der Waals surface area contributed by atoms with E-state index in [0.29, 0.717) is 33.7 Å². The standard InChI is InChI=1S/C22H20Cl2N4O2S/c1-3-11-28-20(14(2)25-21(30)17-10-9-16(23)12-18(17)24)26-27-22(28)31-13-19(29)15-7-5-4-6-8-15/h3-10,12,14H,1,11,13H2,2H3,(H,25,30). The highest BCUT2D eigenvalue weighted by molar-refractivity contribution is 7.99. The molecule has 0 aliphatic heterocycles. The predicted molar refractivity (Wildman–Crippen MR) is 124 cm³/mol. The fraction of sp³-hybridized carbons (Fsp3) is 0.182. The van der Waals surface area contributed by atoms with Crippen molar-refractivity contribution in [1.82, 2.24) is 20.1 Å². The molecule has 31 heavy (non-hydrogen) atoms. The first-order chi connectivity index (χ1) is 14.9. The van der Waals surface area contributed by atoms with Crippen molar-refractivity contribution in [3.05, 3.63) is 88.2 Å². The summed E-state index contributed by atoms with van der Waals surface area (Å²) in [5.74, 6) is 0.420. The summed E-state index contributed by atoms with van der Waals surface area (Å²) < 4.78 is 1.82. The molecule has 0 aliphatic carbocycles. The Morgan fingerprint density at radius 1 is 1.19 bits per heavy atom. The molecule has 0 bridgehead atoms. The lowest BCUT2D eigenvalue weighted by molar-refractivity contribution is 0.0937. The van der Waals surface area contributed by atoms with Gasteiger partial charge in [0, 0.05) is 17.1 Å². The Balaban J connectivity index is 1.73. The zero-order chi connectivity index (χ0) is 22.4. The number of carbonyl (C=O) groups is 2. The van der Waals surface area contributed by atoms with E-state index in [4.69, 9.17) is 23.2 Å². The van der Waals surface area contributed by atoms with Crippen molar-refractivity contribution in [3.8, 4) is 0 Å². The molecule has 9 heteroatoms. The quantitative estimate of drug-likeness (QED) is 0.260. The van der Waals surface area contributed by atoms with E-state index in [9.17, 15) is 9.59 Å². The van der Waals surface area contributed by atoms with Crippen molar-refractivity contribution in [2.45, 2.75) is 24.7 Å². The van der Waals surface area contributed by atoms with E-state index in [-0.39, 0.29) is 22.5 Å². The van der Waals surface area contributed by atoms with Gasteiger partial charge in [0.15, 0.2) is 16.8 Å². The Kier molecular flexibility index (Phi) is 7.90. The molecule has 0 fully saturated rings. The van der Waals surface area contributed by atoms with Gasteiger partial charge in [-0.05, 0) is 25.1 Å². The van der Waals surface area contributed by atoms with Crippen LogP contribution >= 0.6 is 35.0 Å². The molecule has 0 saturated heterocycles. The SMILES string of the molecule is C=CCn1c(SCC(=O)c2ccccc2)nnc1C(C)NC(=O)c1ccc(Cl)cc1Cl. The average Bonchev–Trinajstić information content (AvgIpc) is 3.15. The Bertz CT molecular complexity index is 1100. The molecule has 0 spiro atoms. The van der Waals surface area contributed by atoms with E-state index in [2.05, 4.69) is 22.1 Å². The third-order valence-corrected chi connectivity index (χ3v) is 5.91. The lowest BCUT2D eigenvalue weighted by atomic mass is 10.2. The van der Waals surface area contributed by atoms with Crippen molar-refractivity contribution >= 4 is 46.7 Å². The third kappa shape index (κ3) is 5.76. The summed E-state index contributed by atoms with van der Waals surface area (Å²) in [6.45, 7) is 6.02. The molecule has 3 aromatic rings. The smallest absolute Gasteiger partial charge is 0.253 e. The largest absolute Gasteiger partial charge is 0.342 e. The van der Waals surface area contributed by atoms with E-state index < -0.39 is 6.04 Å². The summed E-state index contributed by atoms with van der Waals surface area (Å²) in [7, 11) is 0. The first-order valence-electron chi connectivity index (χ1n) is 9.41. The minimum Gasteiger partial charge on any atom is -0.342 e. The van der Waals surface area contributed by atoms with Crippen LogP contribution in [0.1, 0.15) is 39.5 Å². The summed E-state index contributed by atoms with van der Waals surface area (Å²) in [5.41, 5.74) is 0.959. The zero-order valence-corrected chi connectivity index (χ0v) is 19.0. The average molecular weight is 475 g/mol. The maximum atomic E-state index is 12.6. The molecule has 3 rings (SSSR count). The number of thioether (sulfide) groups is 1. The number of Topliss-reactive ketones (excluding diaryl/α,β-unsaturated/α-hetero) is 1. The van der Waals surface area contributed by atoms with Crippen molar-refractivity contribution in [2.24, 2.45) is 0 Å². The third-order valence-electron chi connectivity index (χ3n) is 4.40. The normalized spacial score (nSPS) is 11.7. The summed E-state index contributed by atoms with van der Waals surface area (Å²) in [4.78, 5) is 25.1. The zero-order valence-electron chi connectivity index (χ0n) is 16.7. The molecule has 1 amide bonds. The van der Waals surface area contributed by atoms with Gasteiger partial charge in [0.05, 0.1) is 22.4 Å². The topological polar surface area (TPSA) is 76.9 Å². The number of allylic oxidation sites excluding steroid dienone is 1. The second-order valence-corrected chi connectivity index (χ2v) is 8.42. The minimum atomic E-state index is -0.453. The number of rotatable bonds is 9. The van der Waals surface area contributed by atoms with Crippen molar-refractivity contribution < 1.29 is 9.59 Å². The Hall–Kier alpha value is -2.61. The van der Waals surface area contributed by atoms with Crippen molar-refractivity contribution in [1.29, 1.82) is 0 Å². The number of nitrogens with one attached hydrogen (secondary N) is 1. The van der Waals surface area contributed by atoms with E-state index >= 15 is 0 Å². The highest BCUT2D eigenvalue weighted by Gasteiger charge is 2.21. The second kappa shape index (κ2) is 10.6. The molecule has 2 aromatic carbocycles. The lowest BCUT2D eigenvalue weighted by Gasteiger charge is -2.16. The Labute approximate surface area is 194 Å². The van der Waals surface area contributed by atoms with Crippen molar-refractivity contribution in [3.63, 3.8) is 0 Å². The molecule has 0 radical (unpaired) electrons. The number of ketones is 1. The fourth-order valence-electron chi connectivity index (χ4n) is 2.88. The summed E-state index contributed by atoms with van der Waals surface area (Å²) in [5, 5.41) is 12.6. The number of nitrogens with zero attached hydrogens (tertiary/aromatic N) is 3. The second-order valence-electron chi connectivity index (χ2n) is 6.64. The van der Waals surface area contributed by atoms with Crippen LogP contribution in [0.15, 0.2) is 66.3 Å².